The summed E-state index contributed by atoms with van der Waals surface area (Å²) in [5.41, 5.74) is -0.826. The lowest BCUT2D eigenvalue weighted by atomic mass is 10.1. The van der Waals surface area contributed by atoms with Crippen molar-refractivity contribution < 1.29 is 4.42 Å². The first-order valence-corrected chi connectivity index (χ1v) is 8.05. The molecule has 1 aliphatic carbocycles. The van der Waals surface area contributed by atoms with Gasteiger partial charge in [0, 0.05) is 12.6 Å². The van der Waals surface area contributed by atoms with Gasteiger partial charge in [0.25, 0.3) is 5.56 Å². The largest absolute Gasteiger partial charge is 0.405 e. The third-order valence-electron chi connectivity index (χ3n) is 4.09. The Morgan fingerprint density at radius 2 is 2.09 bits per heavy atom. The number of aromatic nitrogens is 2. The monoisotopic (exact) mass is 316 g/mol. The summed E-state index contributed by atoms with van der Waals surface area (Å²) in [7, 11) is 0. The van der Waals surface area contributed by atoms with Crippen LogP contribution in [0.1, 0.15) is 38.2 Å². The van der Waals surface area contributed by atoms with Gasteiger partial charge in [-0.2, -0.15) is 0 Å². The van der Waals surface area contributed by atoms with Gasteiger partial charge in [0.1, 0.15) is 5.39 Å². The summed E-state index contributed by atoms with van der Waals surface area (Å²) < 4.78 is 6.25. The lowest BCUT2D eigenvalue weighted by Crippen LogP contribution is -2.36. The third kappa shape index (κ3) is 3.36. The normalized spacial score (nSPS) is 14.8. The molecule has 0 saturated heterocycles. The zero-order chi connectivity index (χ0) is 16.4. The molecule has 1 N–H and O–H groups in total. The SMILES string of the molecule is CCC=CCCc1cc(=O)oc2[nH]c(=O)n(CC3CC3)c(=O)c12. The number of hydrogen-bond donors (Lipinski definition) is 1. The lowest BCUT2D eigenvalue weighted by molar-refractivity contribution is 0.528. The molecule has 23 heavy (non-hydrogen) atoms. The van der Waals surface area contributed by atoms with Crippen LogP contribution in [0.3, 0.4) is 0 Å². The Balaban J connectivity index is 2.10. The van der Waals surface area contributed by atoms with Gasteiger partial charge in [0.2, 0.25) is 5.71 Å². The minimum Gasteiger partial charge on any atom is -0.405 e. The number of nitrogens with zero attached hydrogens (tertiary/aromatic N) is 1. The highest BCUT2D eigenvalue weighted by molar-refractivity contribution is 5.75. The summed E-state index contributed by atoms with van der Waals surface area (Å²) in [6.07, 6.45) is 8.39. The van der Waals surface area contributed by atoms with Gasteiger partial charge in [-0.3, -0.25) is 14.3 Å². The van der Waals surface area contributed by atoms with Gasteiger partial charge in [-0.25, -0.2) is 9.59 Å². The molecule has 0 atom stereocenters. The van der Waals surface area contributed by atoms with E-state index in [0.717, 1.165) is 25.7 Å². The Labute approximate surface area is 132 Å². The first kappa shape index (κ1) is 15.5. The molecule has 0 spiro atoms. The van der Waals surface area contributed by atoms with E-state index in [1.54, 1.807) is 0 Å². The molecule has 0 aromatic carbocycles. The third-order valence-corrected chi connectivity index (χ3v) is 4.09. The summed E-state index contributed by atoms with van der Waals surface area (Å²) in [6, 6.07) is 1.35. The molecular weight excluding hydrogens is 296 g/mol. The molecule has 1 fully saturated rings. The van der Waals surface area contributed by atoms with Crippen molar-refractivity contribution in [2.24, 2.45) is 5.92 Å². The number of nitrogens with one attached hydrogen (secondary N) is 1. The number of fused-ring (bicyclic) bond motifs is 1. The molecule has 0 bridgehead atoms. The van der Waals surface area contributed by atoms with Crippen LogP contribution in [0.2, 0.25) is 0 Å². The van der Waals surface area contributed by atoms with Crippen LogP contribution in [0.25, 0.3) is 11.1 Å². The molecule has 1 saturated carbocycles. The standard InChI is InChI=1S/C17H20N2O4/c1-2-3-4-5-6-12-9-13(20)23-15-14(12)16(21)19(17(22)18-15)10-11-7-8-11/h3-4,9,11H,2,5-8,10H2,1H3,(H,18,22). The molecule has 0 amide bonds. The lowest BCUT2D eigenvalue weighted by Gasteiger charge is -2.07. The summed E-state index contributed by atoms with van der Waals surface area (Å²) in [5, 5.41) is 0.315. The van der Waals surface area contributed by atoms with Crippen LogP contribution in [0.5, 0.6) is 0 Å². The predicted molar refractivity (Wildman–Crippen MR) is 87.8 cm³/mol. The zero-order valence-electron chi connectivity index (χ0n) is 13.1. The summed E-state index contributed by atoms with van der Waals surface area (Å²) in [6.45, 7) is 2.47. The quantitative estimate of drug-likeness (QED) is 0.825. The number of aryl methyl sites for hydroxylation is 1. The first-order valence-electron chi connectivity index (χ1n) is 8.05. The molecule has 2 heterocycles. The smallest absolute Gasteiger partial charge is 0.337 e. The van der Waals surface area contributed by atoms with Crippen LogP contribution in [-0.4, -0.2) is 9.55 Å². The Hall–Kier alpha value is -2.37. The van der Waals surface area contributed by atoms with Gasteiger partial charge in [0.15, 0.2) is 0 Å². The second kappa shape index (κ2) is 6.40. The van der Waals surface area contributed by atoms with Crippen molar-refractivity contribution in [2.45, 2.75) is 45.6 Å². The fraction of sp³-hybridized carbons (Fsp3) is 0.471. The van der Waals surface area contributed by atoms with E-state index in [-0.39, 0.29) is 11.3 Å². The van der Waals surface area contributed by atoms with E-state index >= 15 is 0 Å². The van der Waals surface area contributed by atoms with Crippen molar-refractivity contribution in [3.63, 3.8) is 0 Å². The second-order valence-corrected chi connectivity index (χ2v) is 6.00. The molecule has 0 aliphatic heterocycles. The maximum absolute atomic E-state index is 12.7. The van der Waals surface area contributed by atoms with Gasteiger partial charge in [-0.05, 0) is 43.6 Å². The van der Waals surface area contributed by atoms with Crippen molar-refractivity contribution in [3.8, 4) is 0 Å². The highest BCUT2D eigenvalue weighted by atomic mass is 16.4. The van der Waals surface area contributed by atoms with Crippen LogP contribution in [0, 0.1) is 5.92 Å². The van der Waals surface area contributed by atoms with E-state index in [4.69, 9.17) is 4.42 Å². The number of allylic oxidation sites excluding steroid dienone is 2. The van der Waals surface area contributed by atoms with E-state index in [0.29, 0.717) is 29.8 Å². The molecule has 6 nitrogen and oxygen atoms in total. The van der Waals surface area contributed by atoms with Gasteiger partial charge >= 0.3 is 11.3 Å². The fourth-order valence-electron chi connectivity index (χ4n) is 2.70. The minimum absolute atomic E-state index is 0.0194. The number of hydrogen-bond acceptors (Lipinski definition) is 4. The molecule has 0 unspecified atom stereocenters. The fourth-order valence-corrected chi connectivity index (χ4v) is 2.70. The van der Waals surface area contributed by atoms with E-state index in [1.165, 1.54) is 10.6 Å². The van der Waals surface area contributed by atoms with E-state index in [2.05, 4.69) is 4.98 Å². The predicted octanol–water partition coefficient (Wildman–Crippen LogP) is 1.95. The van der Waals surface area contributed by atoms with Crippen molar-refractivity contribution in [1.82, 2.24) is 9.55 Å². The van der Waals surface area contributed by atoms with Gasteiger partial charge < -0.3 is 4.42 Å². The number of aromatic amines is 1. The molecule has 122 valence electrons. The summed E-state index contributed by atoms with van der Waals surface area (Å²) in [5.74, 6) is 0.401. The molecule has 6 heteroatoms. The molecular formula is C17H20N2O4. The van der Waals surface area contributed by atoms with Gasteiger partial charge in [-0.15, -0.1) is 0 Å². The molecule has 1 aliphatic rings. The van der Waals surface area contributed by atoms with Crippen molar-refractivity contribution in [3.05, 3.63) is 55.0 Å². The van der Waals surface area contributed by atoms with Gasteiger partial charge in [-0.1, -0.05) is 19.1 Å². The van der Waals surface area contributed by atoms with Crippen LogP contribution in [0.15, 0.2) is 37.0 Å². The maximum Gasteiger partial charge on any atom is 0.337 e. The van der Waals surface area contributed by atoms with Crippen molar-refractivity contribution in [1.29, 1.82) is 0 Å². The Kier molecular flexibility index (Phi) is 4.32. The molecule has 3 rings (SSSR count). The minimum atomic E-state index is -0.554. The van der Waals surface area contributed by atoms with Crippen LogP contribution < -0.4 is 16.9 Å². The van der Waals surface area contributed by atoms with Crippen molar-refractivity contribution >= 4 is 11.1 Å². The van der Waals surface area contributed by atoms with Crippen molar-refractivity contribution in [2.75, 3.05) is 0 Å². The Bertz CT molecular complexity index is 913. The molecule has 2 aromatic heterocycles. The molecule has 0 radical (unpaired) electrons. The first-order chi connectivity index (χ1) is 11.1. The maximum atomic E-state index is 12.7. The average molecular weight is 316 g/mol. The average Bonchev–Trinajstić information content (AvgIpc) is 3.31. The Morgan fingerprint density at radius 3 is 2.78 bits per heavy atom. The summed E-state index contributed by atoms with van der Waals surface area (Å²) >= 11 is 0. The second-order valence-electron chi connectivity index (χ2n) is 6.00. The number of rotatable bonds is 6. The van der Waals surface area contributed by atoms with E-state index in [1.807, 2.05) is 19.1 Å². The van der Waals surface area contributed by atoms with Crippen LogP contribution in [0.4, 0.5) is 0 Å². The van der Waals surface area contributed by atoms with Gasteiger partial charge in [0.05, 0.1) is 0 Å². The topological polar surface area (TPSA) is 85.1 Å². The van der Waals surface area contributed by atoms with E-state index in [9.17, 15) is 14.4 Å². The van der Waals surface area contributed by atoms with Crippen LogP contribution in [-0.2, 0) is 13.0 Å². The van der Waals surface area contributed by atoms with E-state index < -0.39 is 11.3 Å². The van der Waals surface area contributed by atoms with Crippen LogP contribution >= 0.6 is 0 Å². The Morgan fingerprint density at radius 1 is 1.30 bits per heavy atom. The number of H-pyrrole nitrogens is 1. The highest BCUT2D eigenvalue weighted by Gasteiger charge is 2.24. The zero-order valence-corrected chi connectivity index (χ0v) is 13.1. The highest BCUT2D eigenvalue weighted by Crippen LogP contribution is 2.29. The molecule has 2 aromatic rings. The summed E-state index contributed by atoms with van der Waals surface area (Å²) in [4.78, 5) is 39.0.